The minimum Gasteiger partial charge on any atom is -0.353 e. The van der Waals surface area contributed by atoms with E-state index in [4.69, 9.17) is 0 Å². The Morgan fingerprint density at radius 3 is 2.19 bits per heavy atom. The van der Waals surface area contributed by atoms with Gasteiger partial charge in [0.05, 0.1) is 16.2 Å². The molecule has 1 aliphatic rings. The number of halogens is 4. The number of piperazine rings is 1. The second kappa shape index (κ2) is 11.4. The molecule has 9 nitrogen and oxygen atoms in total. The van der Waals surface area contributed by atoms with E-state index in [0.717, 1.165) is 24.9 Å². The summed E-state index contributed by atoms with van der Waals surface area (Å²) in [7, 11) is -4.28. The fourth-order valence-corrected chi connectivity index (χ4v) is 5.68. The monoisotopic (exact) mass is 600 g/mol. The number of alkyl halides is 3. The zero-order valence-corrected chi connectivity index (χ0v) is 23.0. The third-order valence-electron chi connectivity index (χ3n) is 6.52. The molecule has 0 unspecified atom stereocenters. The van der Waals surface area contributed by atoms with E-state index in [1.165, 1.54) is 36.4 Å². The van der Waals surface area contributed by atoms with Gasteiger partial charge in [-0.1, -0.05) is 18.2 Å². The van der Waals surface area contributed by atoms with Gasteiger partial charge in [0.15, 0.2) is 0 Å². The minimum atomic E-state index is -4.91. The Kier molecular flexibility index (Phi) is 7.82. The lowest BCUT2D eigenvalue weighted by atomic mass is 9.98. The first kappa shape index (κ1) is 28.9. The number of rotatable bonds is 6. The molecule has 218 valence electrons. The van der Waals surface area contributed by atoms with Crippen molar-refractivity contribution < 1.29 is 30.8 Å². The summed E-state index contributed by atoms with van der Waals surface area (Å²) in [5.74, 6) is -2.14. The summed E-state index contributed by atoms with van der Waals surface area (Å²) in [6, 6.07) is 15.6. The van der Waals surface area contributed by atoms with Crippen LogP contribution in [0.5, 0.6) is 0 Å². The normalized spacial score (nSPS) is 14.1. The Morgan fingerprint density at radius 1 is 0.881 bits per heavy atom. The maximum atomic E-state index is 14.1. The Labute approximate surface area is 238 Å². The van der Waals surface area contributed by atoms with E-state index in [2.05, 4.69) is 15.0 Å². The molecule has 0 radical (unpaired) electrons. The molecule has 1 saturated heterocycles. The van der Waals surface area contributed by atoms with Gasteiger partial charge in [0.1, 0.15) is 17.5 Å². The lowest BCUT2D eigenvalue weighted by Gasteiger charge is -2.37. The van der Waals surface area contributed by atoms with Crippen LogP contribution in [-0.2, 0) is 21.0 Å². The third-order valence-corrected chi connectivity index (χ3v) is 7.96. The number of carbonyl (C=O) groups excluding carboxylic acids is 1. The number of hydrogen-bond donors (Lipinski definition) is 1. The standard InChI is InChI=1S/C28H24F4N6O3S/c1-18(39)36-42(40,41)22-6-4-5-20(17-22)24-25(19-8-10-21(29)11-9-19)34-27(28(30,31)32)35-26(24)38-15-13-37(14-16-38)23-7-2-3-12-33-23/h2-12,17H,13-16H2,1H3,(H,36,39). The topological polar surface area (TPSA) is 108 Å². The fourth-order valence-electron chi connectivity index (χ4n) is 4.64. The van der Waals surface area contributed by atoms with Crippen molar-refractivity contribution in [3.05, 3.63) is 84.6 Å². The first-order valence-electron chi connectivity index (χ1n) is 12.7. The van der Waals surface area contributed by atoms with E-state index in [1.807, 2.05) is 21.8 Å². The molecule has 3 heterocycles. The number of anilines is 2. The molecular formula is C28H24F4N6O3S. The fraction of sp³-hybridized carbons (Fsp3) is 0.214. The molecule has 2 aromatic heterocycles. The molecule has 0 bridgehead atoms. The van der Waals surface area contributed by atoms with Gasteiger partial charge >= 0.3 is 6.18 Å². The highest BCUT2D eigenvalue weighted by atomic mass is 32.2. The smallest absolute Gasteiger partial charge is 0.353 e. The Hall–Kier alpha value is -4.59. The van der Waals surface area contributed by atoms with Crippen molar-refractivity contribution in [3.8, 4) is 22.4 Å². The molecule has 2 aromatic carbocycles. The maximum Gasteiger partial charge on any atom is 0.451 e. The van der Waals surface area contributed by atoms with Crippen LogP contribution in [0.15, 0.2) is 77.8 Å². The lowest BCUT2D eigenvalue weighted by Crippen LogP contribution is -2.47. The van der Waals surface area contributed by atoms with Gasteiger partial charge in [-0.15, -0.1) is 0 Å². The van der Waals surface area contributed by atoms with Crippen LogP contribution in [0.4, 0.5) is 29.2 Å². The number of aromatic nitrogens is 3. The average molecular weight is 601 g/mol. The van der Waals surface area contributed by atoms with Crippen LogP contribution in [0.1, 0.15) is 12.7 Å². The summed E-state index contributed by atoms with van der Waals surface area (Å²) in [4.78, 5) is 27.0. The lowest BCUT2D eigenvalue weighted by molar-refractivity contribution is -0.144. The number of sulfonamides is 1. The highest BCUT2D eigenvalue weighted by Gasteiger charge is 2.38. The number of carbonyl (C=O) groups is 1. The zero-order chi connectivity index (χ0) is 30.1. The van der Waals surface area contributed by atoms with Gasteiger partial charge in [0.25, 0.3) is 10.0 Å². The maximum absolute atomic E-state index is 14.1. The molecule has 1 amide bonds. The van der Waals surface area contributed by atoms with E-state index in [-0.39, 0.29) is 46.2 Å². The van der Waals surface area contributed by atoms with Crippen LogP contribution < -0.4 is 14.5 Å². The molecular weight excluding hydrogens is 576 g/mol. The van der Waals surface area contributed by atoms with Crippen molar-refractivity contribution in [1.29, 1.82) is 0 Å². The van der Waals surface area contributed by atoms with E-state index < -0.39 is 33.7 Å². The molecule has 1 aliphatic heterocycles. The summed E-state index contributed by atoms with van der Waals surface area (Å²) in [5.41, 5.74) is 0.328. The van der Waals surface area contributed by atoms with Crippen LogP contribution in [0.2, 0.25) is 0 Å². The summed E-state index contributed by atoms with van der Waals surface area (Å²) < 4.78 is 83.6. The number of benzene rings is 2. The largest absolute Gasteiger partial charge is 0.451 e. The van der Waals surface area contributed by atoms with Gasteiger partial charge in [-0.05, 0) is 54.1 Å². The minimum absolute atomic E-state index is 0.0635. The first-order valence-corrected chi connectivity index (χ1v) is 14.2. The van der Waals surface area contributed by atoms with Gasteiger partial charge in [-0.25, -0.2) is 32.5 Å². The third kappa shape index (κ3) is 6.17. The van der Waals surface area contributed by atoms with Crippen molar-refractivity contribution in [2.75, 3.05) is 36.0 Å². The van der Waals surface area contributed by atoms with E-state index in [1.54, 1.807) is 17.2 Å². The van der Waals surface area contributed by atoms with Gasteiger partial charge in [0, 0.05) is 44.9 Å². The predicted molar refractivity (Wildman–Crippen MR) is 148 cm³/mol. The Bertz CT molecular complexity index is 1710. The van der Waals surface area contributed by atoms with Crippen LogP contribution in [-0.4, -0.2) is 55.5 Å². The number of amides is 1. The van der Waals surface area contributed by atoms with E-state index in [9.17, 15) is 30.8 Å². The van der Waals surface area contributed by atoms with Gasteiger partial charge in [-0.2, -0.15) is 13.2 Å². The SMILES string of the molecule is CC(=O)NS(=O)(=O)c1cccc(-c2c(-c3ccc(F)cc3)nc(C(F)(F)F)nc2N2CCN(c3ccccn3)CC2)c1. The number of nitrogens with zero attached hydrogens (tertiary/aromatic N) is 5. The summed E-state index contributed by atoms with van der Waals surface area (Å²) >= 11 is 0. The zero-order valence-electron chi connectivity index (χ0n) is 22.1. The van der Waals surface area contributed by atoms with Crippen molar-refractivity contribution in [1.82, 2.24) is 19.7 Å². The molecule has 1 fully saturated rings. The first-order chi connectivity index (χ1) is 19.9. The molecule has 0 atom stereocenters. The summed E-state index contributed by atoms with van der Waals surface area (Å²) in [6.07, 6.45) is -3.26. The van der Waals surface area contributed by atoms with Gasteiger partial charge in [-0.3, -0.25) is 4.79 Å². The second-order valence-corrected chi connectivity index (χ2v) is 11.1. The highest BCUT2D eigenvalue weighted by molar-refractivity contribution is 7.90. The van der Waals surface area contributed by atoms with Crippen molar-refractivity contribution in [3.63, 3.8) is 0 Å². The molecule has 0 saturated carbocycles. The summed E-state index contributed by atoms with van der Waals surface area (Å²) in [5, 5.41) is 0. The van der Waals surface area contributed by atoms with Gasteiger partial charge < -0.3 is 9.80 Å². The molecule has 14 heteroatoms. The molecule has 0 spiro atoms. The number of nitrogens with one attached hydrogen (secondary N) is 1. The number of hydrogen-bond acceptors (Lipinski definition) is 8. The molecule has 4 aromatic rings. The molecule has 5 rings (SSSR count). The van der Waals surface area contributed by atoms with Crippen molar-refractivity contribution in [2.24, 2.45) is 0 Å². The van der Waals surface area contributed by atoms with E-state index in [0.29, 0.717) is 13.1 Å². The summed E-state index contributed by atoms with van der Waals surface area (Å²) in [6.45, 7) is 2.42. The second-order valence-electron chi connectivity index (χ2n) is 9.45. The average Bonchev–Trinajstić information content (AvgIpc) is 2.96. The molecule has 0 aliphatic carbocycles. The van der Waals surface area contributed by atoms with Crippen molar-refractivity contribution in [2.45, 2.75) is 18.0 Å². The van der Waals surface area contributed by atoms with Crippen molar-refractivity contribution >= 4 is 27.6 Å². The molecule has 1 N–H and O–H groups in total. The Balaban J connectivity index is 1.69. The quantitative estimate of drug-likeness (QED) is 0.322. The number of pyridine rings is 1. The van der Waals surface area contributed by atoms with Crippen LogP contribution >= 0.6 is 0 Å². The Morgan fingerprint density at radius 2 is 1.57 bits per heavy atom. The molecule has 42 heavy (non-hydrogen) atoms. The highest BCUT2D eigenvalue weighted by Crippen LogP contribution is 2.41. The van der Waals surface area contributed by atoms with Crippen LogP contribution in [0, 0.1) is 5.82 Å². The van der Waals surface area contributed by atoms with Crippen LogP contribution in [0.25, 0.3) is 22.4 Å². The van der Waals surface area contributed by atoms with Gasteiger partial charge in [0.2, 0.25) is 11.7 Å². The predicted octanol–water partition coefficient (Wildman–Crippen LogP) is 4.51. The van der Waals surface area contributed by atoms with E-state index >= 15 is 0 Å². The van der Waals surface area contributed by atoms with Crippen LogP contribution in [0.3, 0.4) is 0 Å².